The second-order valence-electron chi connectivity index (χ2n) is 7.89. The van der Waals surface area contributed by atoms with Crippen LogP contribution in [0.4, 0.5) is 4.79 Å². The van der Waals surface area contributed by atoms with E-state index in [-0.39, 0.29) is 25.1 Å². The summed E-state index contributed by atoms with van der Waals surface area (Å²) in [6, 6.07) is 6.86. The Hall–Kier alpha value is -2.77. The van der Waals surface area contributed by atoms with Gasteiger partial charge in [-0.05, 0) is 43.7 Å². The van der Waals surface area contributed by atoms with Crippen LogP contribution in [0, 0.1) is 5.92 Å². The number of ether oxygens (including phenoxy) is 2. The summed E-state index contributed by atoms with van der Waals surface area (Å²) in [5.41, 5.74) is -0.825. The number of benzene rings is 1. The van der Waals surface area contributed by atoms with Crippen LogP contribution in [0.15, 0.2) is 24.3 Å². The first kappa shape index (κ1) is 18.6. The second-order valence-corrected chi connectivity index (χ2v) is 7.89. The summed E-state index contributed by atoms with van der Waals surface area (Å²) < 4.78 is 11.4. The summed E-state index contributed by atoms with van der Waals surface area (Å²) in [4.78, 5) is 38.4. The van der Waals surface area contributed by atoms with Gasteiger partial charge >= 0.3 is 6.03 Å². The van der Waals surface area contributed by atoms with Crippen LogP contribution in [0.1, 0.15) is 32.6 Å². The normalized spacial score (nSPS) is 29.0. The van der Waals surface area contributed by atoms with Crippen LogP contribution in [-0.2, 0) is 9.59 Å². The van der Waals surface area contributed by atoms with Crippen molar-refractivity contribution in [3.63, 3.8) is 0 Å². The fraction of sp³-hybridized carbons (Fsp3) is 0.550. The molecule has 4 rings (SSSR count). The molecular formula is C20H25N3O5. The maximum Gasteiger partial charge on any atom is 0.325 e. The van der Waals surface area contributed by atoms with Crippen LogP contribution >= 0.6 is 0 Å². The van der Waals surface area contributed by atoms with E-state index in [1.165, 1.54) is 0 Å². The Morgan fingerprint density at radius 2 is 1.96 bits per heavy atom. The van der Waals surface area contributed by atoms with Crippen molar-refractivity contribution in [2.75, 3.05) is 19.7 Å². The van der Waals surface area contributed by atoms with Gasteiger partial charge in [-0.1, -0.05) is 19.1 Å². The van der Waals surface area contributed by atoms with Gasteiger partial charge in [0.1, 0.15) is 24.8 Å². The minimum atomic E-state index is -0.825. The predicted octanol–water partition coefficient (Wildman–Crippen LogP) is 1.44. The smallest absolute Gasteiger partial charge is 0.325 e. The van der Waals surface area contributed by atoms with Crippen molar-refractivity contribution >= 4 is 17.8 Å². The highest BCUT2D eigenvalue weighted by Gasteiger charge is 2.52. The van der Waals surface area contributed by atoms with Gasteiger partial charge in [-0.15, -0.1) is 0 Å². The van der Waals surface area contributed by atoms with Crippen molar-refractivity contribution in [3.8, 4) is 11.5 Å². The van der Waals surface area contributed by atoms with Gasteiger partial charge in [0.05, 0.1) is 6.54 Å². The minimum absolute atomic E-state index is 0.236. The number of rotatable bonds is 4. The SMILES string of the molecule is CC1CCC2(CC1)NC(=O)N(CC(=O)NC[C@@H]1COc3ccccc3O1)C2=O. The molecule has 1 aromatic rings. The van der Waals surface area contributed by atoms with Crippen molar-refractivity contribution in [1.29, 1.82) is 0 Å². The highest BCUT2D eigenvalue weighted by molar-refractivity contribution is 6.09. The fourth-order valence-electron chi connectivity index (χ4n) is 4.00. The number of imide groups is 1. The Morgan fingerprint density at radius 1 is 1.25 bits per heavy atom. The van der Waals surface area contributed by atoms with Gasteiger partial charge in [0.2, 0.25) is 5.91 Å². The lowest BCUT2D eigenvalue weighted by atomic mass is 9.77. The average molecular weight is 387 g/mol. The molecule has 0 unspecified atom stereocenters. The largest absolute Gasteiger partial charge is 0.486 e. The summed E-state index contributed by atoms with van der Waals surface area (Å²) in [6.07, 6.45) is 2.72. The standard InChI is InChI=1S/C20H25N3O5/c1-13-6-8-20(9-7-13)18(25)23(19(26)22-20)11-17(24)21-10-14-12-27-15-4-2-3-5-16(15)28-14/h2-5,13-14H,6-12H2,1H3,(H,21,24)(H,22,26)/t13?,14-,20?/m1/s1. The zero-order chi connectivity index (χ0) is 19.7. The van der Waals surface area contributed by atoms with E-state index >= 15 is 0 Å². The molecule has 2 aliphatic heterocycles. The molecule has 2 N–H and O–H groups in total. The number of hydrogen-bond acceptors (Lipinski definition) is 5. The van der Waals surface area contributed by atoms with E-state index in [0.29, 0.717) is 36.9 Å². The number of urea groups is 1. The van der Waals surface area contributed by atoms with Crippen molar-refractivity contribution < 1.29 is 23.9 Å². The third kappa shape index (κ3) is 3.50. The van der Waals surface area contributed by atoms with E-state index in [1.54, 1.807) is 6.07 Å². The van der Waals surface area contributed by atoms with Crippen molar-refractivity contribution in [3.05, 3.63) is 24.3 Å². The molecule has 150 valence electrons. The van der Waals surface area contributed by atoms with Gasteiger partial charge < -0.3 is 20.1 Å². The molecule has 1 saturated carbocycles. The number of carbonyl (C=O) groups excluding carboxylic acids is 3. The number of amides is 4. The van der Waals surface area contributed by atoms with Crippen LogP contribution in [0.3, 0.4) is 0 Å². The van der Waals surface area contributed by atoms with E-state index < -0.39 is 17.5 Å². The Bertz CT molecular complexity index is 788. The Balaban J connectivity index is 1.29. The zero-order valence-electron chi connectivity index (χ0n) is 15.9. The molecule has 0 bridgehead atoms. The number of nitrogens with zero attached hydrogens (tertiary/aromatic N) is 1. The first-order chi connectivity index (χ1) is 13.5. The number of para-hydroxylation sites is 2. The number of carbonyl (C=O) groups is 3. The molecule has 8 heteroatoms. The van der Waals surface area contributed by atoms with Crippen molar-refractivity contribution in [1.82, 2.24) is 15.5 Å². The first-order valence-corrected chi connectivity index (χ1v) is 9.76. The van der Waals surface area contributed by atoms with Gasteiger partial charge in [0, 0.05) is 0 Å². The number of fused-ring (bicyclic) bond motifs is 1. The molecule has 1 aliphatic carbocycles. The van der Waals surface area contributed by atoms with Crippen LogP contribution in [-0.4, -0.2) is 54.1 Å². The van der Waals surface area contributed by atoms with Gasteiger partial charge in [-0.3, -0.25) is 14.5 Å². The van der Waals surface area contributed by atoms with Crippen molar-refractivity contribution in [2.45, 2.75) is 44.2 Å². The summed E-state index contributed by atoms with van der Waals surface area (Å²) in [5.74, 6) is 1.18. The molecule has 4 amide bonds. The maximum absolute atomic E-state index is 12.8. The molecule has 8 nitrogen and oxygen atoms in total. The summed E-state index contributed by atoms with van der Waals surface area (Å²) in [5, 5.41) is 5.56. The minimum Gasteiger partial charge on any atom is -0.486 e. The summed E-state index contributed by atoms with van der Waals surface area (Å²) >= 11 is 0. The van der Waals surface area contributed by atoms with Crippen LogP contribution in [0.2, 0.25) is 0 Å². The molecule has 2 fully saturated rings. The van der Waals surface area contributed by atoms with E-state index in [0.717, 1.165) is 17.7 Å². The van der Waals surface area contributed by atoms with Crippen molar-refractivity contribution in [2.24, 2.45) is 5.92 Å². The van der Waals surface area contributed by atoms with E-state index in [4.69, 9.17) is 9.47 Å². The quantitative estimate of drug-likeness (QED) is 0.762. The summed E-state index contributed by atoms with van der Waals surface area (Å²) in [6.45, 7) is 2.42. The Morgan fingerprint density at radius 3 is 2.71 bits per heavy atom. The Labute approximate surface area is 163 Å². The molecule has 0 radical (unpaired) electrons. The molecular weight excluding hydrogens is 362 g/mol. The lowest BCUT2D eigenvalue weighted by Crippen LogP contribution is -2.50. The van der Waals surface area contributed by atoms with E-state index in [2.05, 4.69) is 17.6 Å². The molecule has 1 saturated heterocycles. The third-order valence-electron chi connectivity index (χ3n) is 5.77. The molecule has 1 atom stereocenters. The van der Waals surface area contributed by atoms with Gasteiger partial charge in [-0.2, -0.15) is 0 Å². The van der Waals surface area contributed by atoms with Crippen LogP contribution in [0.5, 0.6) is 11.5 Å². The highest BCUT2D eigenvalue weighted by atomic mass is 16.6. The first-order valence-electron chi connectivity index (χ1n) is 9.76. The average Bonchev–Trinajstić information content (AvgIpc) is 2.93. The van der Waals surface area contributed by atoms with E-state index in [9.17, 15) is 14.4 Å². The molecule has 1 aromatic carbocycles. The highest BCUT2D eigenvalue weighted by Crippen LogP contribution is 2.36. The predicted molar refractivity (Wildman–Crippen MR) is 100.0 cm³/mol. The maximum atomic E-state index is 12.8. The number of hydrogen-bond donors (Lipinski definition) is 2. The third-order valence-corrected chi connectivity index (χ3v) is 5.77. The number of nitrogens with one attached hydrogen (secondary N) is 2. The molecule has 0 aromatic heterocycles. The molecule has 3 aliphatic rings. The lowest BCUT2D eigenvalue weighted by molar-refractivity contribution is -0.136. The van der Waals surface area contributed by atoms with Crippen LogP contribution < -0.4 is 20.1 Å². The monoisotopic (exact) mass is 387 g/mol. The molecule has 1 spiro atoms. The zero-order valence-corrected chi connectivity index (χ0v) is 15.9. The summed E-state index contributed by atoms with van der Waals surface area (Å²) in [7, 11) is 0. The van der Waals surface area contributed by atoms with Gasteiger partial charge in [-0.25, -0.2) is 4.79 Å². The second kappa shape index (κ2) is 7.33. The van der Waals surface area contributed by atoms with Gasteiger partial charge in [0.25, 0.3) is 5.91 Å². The van der Waals surface area contributed by atoms with E-state index in [1.807, 2.05) is 18.2 Å². The Kier molecular flexibility index (Phi) is 4.87. The lowest BCUT2D eigenvalue weighted by Gasteiger charge is -2.33. The van der Waals surface area contributed by atoms with Gasteiger partial charge in [0.15, 0.2) is 11.5 Å². The topological polar surface area (TPSA) is 97.0 Å². The molecule has 28 heavy (non-hydrogen) atoms. The molecule has 2 heterocycles. The van der Waals surface area contributed by atoms with Crippen LogP contribution in [0.25, 0.3) is 0 Å². The fourth-order valence-corrected chi connectivity index (χ4v) is 4.00.